The first kappa shape index (κ1) is 12.9. The Hall–Kier alpha value is -0.540. The van der Waals surface area contributed by atoms with Gasteiger partial charge in [0.05, 0.1) is 0 Å². The first-order valence-corrected chi connectivity index (χ1v) is 7.22. The number of anilines is 1. The summed E-state index contributed by atoms with van der Waals surface area (Å²) in [5.74, 6) is 0.936. The molecule has 0 amide bonds. The van der Waals surface area contributed by atoms with Crippen molar-refractivity contribution in [1.29, 1.82) is 0 Å². The fraction of sp³-hybridized carbons (Fsp3) is 0.571. The van der Waals surface area contributed by atoms with Crippen molar-refractivity contribution < 1.29 is 0 Å². The summed E-state index contributed by atoms with van der Waals surface area (Å²) in [6.07, 6.45) is 2.82. The van der Waals surface area contributed by atoms with Gasteiger partial charge in [-0.2, -0.15) is 0 Å². The molecule has 1 aromatic rings. The molecule has 0 unspecified atom stereocenters. The van der Waals surface area contributed by atoms with Crippen molar-refractivity contribution in [3.63, 3.8) is 0 Å². The summed E-state index contributed by atoms with van der Waals surface area (Å²) in [6, 6.07) is 6.70. The van der Waals surface area contributed by atoms with Crippen LogP contribution < -0.4 is 10.2 Å². The lowest BCUT2D eigenvalue weighted by Crippen LogP contribution is -2.25. The highest BCUT2D eigenvalue weighted by Crippen LogP contribution is 2.32. The number of hydrogen-bond acceptors (Lipinski definition) is 2. The Morgan fingerprint density at radius 1 is 1.41 bits per heavy atom. The maximum absolute atomic E-state index is 3.66. The lowest BCUT2D eigenvalue weighted by atomic mass is 10.2. The minimum atomic E-state index is 0.912. The Morgan fingerprint density at radius 3 is 2.71 bits per heavy atom. The van der Waals surface area contributed by atoms with Crippen LogP contribution >= 0.6 is 15.9 Å². The van der Waals surface area contributed by atoms with Crippen LogP contribution in [0, 0.1) is 5.92 Å². The Labute approximate surface area is 113 Å². The van der Waals surface area contributed by atoms with E-state index in [0.29, 0.717) is 0 Å². The lowest BCUT2D eigenvalue weighted by Gasteiger charge is -2.23. The zero-order valence-corrected chi connectivity index (χ0v) is 12.3. The fourth-order valence-corrected chi connectivity index (χ4v) is 2.60. The van der Waals surface area contributed by atoms with E-state index >= 15 is 0 Å². The number of halogens is 1. The third-order valence-corrected chi connectivity index (χ3v) is 4.06. The second-order valence-corrected chi connectivity index (χ2v) is 5.64. The van der Waals surface area contributed by atoms with Gasteiger partial charge in [-0.3, -0.25) is 0 Å². The molecule has 1 aliphatic rings. The first-order valence-electron chi connectivity index (χ1n) is 6.42. The Bertz CT molecular complexity index is 374. The molecule has 2 rings (SSSR count). The van der Waals surface area contributed by atoms with E-state index in [9.17, 15) is 0 Å². The first-order chi connectivity index (χ1) is 8.24. The molecule has 0 spiro atoms. The van der Waals surface area contributed by atoms with E-state index in [4.69, 9.17) is 0 Å². The van der Waals surface area contributed by atoms with E-state index in [2.05, 4.69) is 51.3 Å². The van der Waals surface area contributed by atoms with Crippen LogP contribution in [-0.2, 0) is 6.54 Å². The number of hydrogen-bond donors (Lipinski definition) is 1. The van der Waals surface area contributed by atoms with Crippen molar-refractivity contribution in [3.8, 4) is 0 Å². The number of benzene rings is 1. The Kier molecular flexibility index (Phi) is 4.46. The molecule has 0 aliphatic heterocycles. The highest BCUT2D eigenvalue weighted by atomic mass is 79.9. The Morgan fingerprint density at radius 2 is 2.18 bits per heavy atom. The van der Waals surface area contributed by atoms with Gasteiger partial charge in [-0.1, -0.05) is 22.0 Å². The molecule has 1 aliphatic carbocycles. The zero-order valence-electron chi connectivity index (χ0n) is 10.7. The third kappa shape index (κ3) is 3.46. The maximum atomic E-state index is 3.66. The van der Waals surface area contributed by atoms with Crippen LogP contribution in [0.5, 0.6) is 0 Å². The minimum Gasteiger partial charge on any atom is -0.372 e. The Balaban J connectivity index is 2.10. The highest BCUT2D eigenvalue weighted by molar-refractivity contribution is 9.10. The van der Waals surface area contributed by atoms with E-state index in [-0.39, 0.29) is 0 Å². The van der Waals surface area contributed by atoms with Gasteiger partial charge in [0.1, 0.15) is 0 Å². The zero-order chi connectivity index (χ0) is 12.3. The van der Waals surface area contributed by atoms with Crippen LogP contribution in [0.2, 0.25) is 0 Å². The average Bonchev–Trinajstić information content (AvgIpc) is 3.13. The normalized spacial score (nSPS) is 15.0. The molecule has 0 saturated heterocycles. The summed E-state index contributed by atoms with van der Waals surface area (Å²) in [6.45, 7) is 5.45. The van der Waals surface area contributed by atoms with Crippen LogP contribution in [0.15, 0.2) is 22.7 Å². The largest absolute Gasteiger partial charge is 0.372 e. The molecule has 0 bridgehead atoms. The van der Waals surface area contributed by atoms with Crippen molar-refractivity contribution in [2.24, 2.45) is 5.92 Å². The van der Waals surface area contributed by atoms with Gasteiger partial charge in [0.15, 0.2) is 0 Å². The summed E-state index contributed by atoms with van der Waals surface area (Å²) in [5.41, 5.74) is 2.66. The topological polar surface area (TPSA) is 15.3 Å². The van der Waals surface area contributed by atoms with E-state index in [0.717, 1.165) is 19.0 Å². The molecule has 0 aromatic heterocycles. The molecule has 1 aromatic carbocycles. The van der Waals surface area contributed by atoms with Crippen molar-refractivity contribution in [1.82, 2.24) is 5.32 Å². The number of nitrogens with zero attached hydrogens (tertiary/aromatic N) is 1. The quantitative estimate of drug-likeness (QED) is 0.865. The van der Waals surface area contributed by atoms with Gasteiger partial charge in [0.25, 0.3) is 0 Å². The highest BCUT2D eigenvalue weighted by Gasteiger charge is 2.24. The summed E-state index contributed by atoms with van der Waals surface area (Å²) in [7, 11) is 1.98. The van der Waals surface area contributed by atoms with E-state index in [1.807, 2.05) is 7.05 Å². The molecule has 1 N–H and O–H groups in total. The van der Waals surface area contributed by atoms with Gasteiger partial charge in [-0.05, 0) is 50.4 Å². The number of rotatable bonds is 6. The summed E-state index contributed by atoms with van der Waals surface area (Å²) < 4.78 is 1.21. The van der Waals surface area contributed by atoms with Gasteiger partial charge >= 0.3 is 0 Å². The molecule has 2 nitrogen and oxygen atoms in total. The summed E-state index contributed by atoms with van der Waals surface area (Å²) >= 11 is 3.66. The van der Waals surface area contributed by atoms with Gasteiger partial charge in [0, 0.05) is 29.8 Å². The fourth-order valence-electron chi connectivity index (χ4n) is 2.10. The van der Waals surface area contributed by atoms with Crippen LogP contribution in [0.4, 0.5) is 5.69 Å². The van der Waals surface area contributed by atoms with E-state index in [1.165, 1.54) is 35.1 Å². The van der Waals surface area contributed by atoms with Crippen molar-refractivity contribution in [3.05, 3.63) is 28.2 Å². The van der Waals surface area contributed by atoms with Crippen molar-refractivity contribution in [2.75, 3.05) is 25.0 Å². The molecular weight excluding hydrogens is 276 g/mol. The summed E-state index contributed by atoms with van der Waals surface area (Å²) in [4.78, 5) is 2.48. The predicted molar refractivity (Wildman–Crippen MR) is 77.5 cm³/mol. The van der Waals surface area contributed by atoms with E-state index in [1.54, 1.807) is 0 Å². The lowest BCUT2D eigenvalue weighted by molar-refractivity contribution is 0.741. The van der Waals surface area contributed by atoms with Crippen molar-refractivity contribution in [2.45, 2.75) is 26.3 Å². The monoisotopic (exact) mass is 296 g/mol. The predicted octanol–water partition coefficient (Wildman–Crippen LogP) is 3.40. The molecule has 94 valence electrons. The molecule has 3 heteroatoms. The van der Waals surface area contributed by atoms with Crippen molar-refractivity contribution >= 4 is 21.6 Å². The van der Waals surface area contributed by atoms with Crippen LogP contribution in [0.25, 0.3) is 0 Å². The summed E-state index contributed by atoms with van der Waals surface area (Å²) in [5, 5.41) is 3.19. The smallest absolute Gasteiger partial charge is 0.0377 e. The average molecular weight is 297 g/mol. The standard InChI is InChI=1S/C14H21BrN2/c1-3-17(10-11-4-5-11)13-7-6-12(9-16-2)14(15)8-13/h6-8,11,16H,3-5,9-10H2,1-2H3. The number of nitrogens with one attached hydrogen (secondary N) is 1. The molecule has 17 heavy (non-hydrogen) atoms. The maximum Gasteiger partial charge on any atom is 0.0377 e. The van der Waals surface area contributed by atoms with Crippen LogP contribution in [0.1, 0.15) is 25.3 Å². The van der Waals surface area contributed by atoms with E-state index < -0.39 is 0 Å². The molecular formula is C14H21BrN2. The van der Waals surface area contributed by atoms with Crippen LogP contribution in [0.3, 0.4) is 0 Å². The molecule has 1 fully saturated rings. The van der Waals surface area contributed by atoms with Gasteiger partial charge in [-0.25, -0.2) is 0 Å². The van der Waals surface area contributed by atoms with Gasteiger partial charge in [-0.15, -0.1) is 0 Å². The third-order valence-electron chi connectivity index (χ3n) is 3.33. The van der Waals surface area contributed by atoms with Gasteiger partial charge in [0.2, 0.25) is 0 Å². The molecule has 0 heterocycles. The molecule has 0 radical (unpaired) electrons. The van der Waals surface area contributed by atoms with Gasteiger partial charge < -0.3 is 10.2 Å². The minimum absolute atomic E-state index is 0.912. The second kappa shape index (κ2) is 5.87. The SMILES string of the molecule is CCN(CC1CC1)c1ccc(CNC)c(Br)c1. The molecule has 0 atom stereocenters. The van der Waals surface area contributed by atoms with Crippen LogP contribution in [-0.4, -0.2) is 20.1 Å². The second-order valence-electron chi connectivity index (χ2n) is 4.79. The molecule has 1 saturated carbocycles.